The van der Waals surface area contributed by atoms with Gasteiger partial charge < -0.3 is 5.32 Å². The molecule has 0 saturated carbocycles. The number of amides is 2. The Morgan fingerprint density at radius 3 is 2.38 bits per heavy atom. The maximum absolute atomic E-state index is 13.0. The van der Waals surface area contributed by atoms with E-state index >= 15 is 0 Å². The smallest absolute Gasteiger partial charge is 0.247 e. The Bertz CT molecular complexity index is 540. The predicted octanol–water partition coefficient (Wildman–Crippen LogP) is 1.63. The molecule has 1 saturated heterocycles. The Hall–Kier alpha value is -1.82. The number of hydrogen-bond acceptors (Lipinski definition) is 3. The molecule has 2 rings (SSSR count). The normalized spacial score (nSPS) is 18.9. The minimum absolute atomic E-state index is 0.133. The molecule has 1 aromatic carbocycles. The van der Waals surface area contributed by atoms with Crippen LogP contribution in [0.3, 0.4) is 0 Å². The molecule has 1 aliphatic rings. The van der Waals surface area contributed by atoms with E-state index in [-0.39, 0.29) is 24.3 Å². The van der Waals surface area contributed by atoms with Gasteiger partial charge in [0, 0.05) is 12.1 Å². The van der Waals surface area contributed by atoms with E-state index in [0.29, 0.717) is 18.5 Å². The molecule has 0 bridgehead atoms. The van der Waals surface area contributed by atoms with Crippen LogP contribution in [0.5, 0.6) is 0 Å². The number of likely N-dealkylation sites (tertiary alicyclic amines) is 1. The van der Waals surface area contributed by atoms with Crippen LogP contribution in [0, 0.1) is 11.6 Å². The highest BCUT2D eigenvalue weighted by Crippen LogP contribution is 2.16. The van der Waals surface area contributed by atoms with Gasteiger partial charge in [0.05, 0.1) is 12.5 Å². The molecular weight excluding hydrogens is 278 g/mol. The van der Waals surface area contributed by atoms with E-state index in [0.717, 1.165) is 6.07 Å². The maximum atomic E-state index is 13.0. The zero-order valence-corrected chi connectivity index (χ0v) is 12.0. The third-order valence-corrected chi connectivity index (χ3v) is 3.43. The van der Waals surface area contributed by atoms with E-state index in [4.69, 9.17) is 0 Å². The van der Waals surface area contributed by atoms with Crippen molar-refractivity contribution in [3.05, 3.63) is 35.4 Å². The van der Waals surface area contributed by atoms with Crippen LogP contribution in [0.1, 0.15) is 25.8 Å². The van der Waals surface area contributed by atoms with Gasteiger partial charge in [0.25, 0.3) is 0 Å². The summed E-state index contributed by atoms with van der Waals surface area (Å²) in [4.78, 5) is 25.0. The predicted molar refractivity (Wildman–Crippen MR) is 73.5 cm³/mol. The second kappa shape index (κ2) is 6.30. The van der Waals surface area contributed by atoms with Crippen molar-refractivity contribution in [2.75, 3.05) is 6.54 Å². The van der Waals surface area contributed by atoms with Gasteiger partial charge in [0.2, 0.25) is 11.8 Å². The van der Waals surface area contributed by atoms with E-state index in [2.05, 4.69) is 5.32 Å². The molecule has 0 aromatic heterocycles. The Labute approximate surface area is 122 Å². The number of imide groups is 1. The Morgan fingerprint density at radius 2 is 1.86 bits per heavy atom. The van der Waals surface area contributed by atoms with Gasteiger partial charge in [-0.25, -0.2) is 8.78 Å². The van der Waals surface area contributed by atoms with E-state index in [1.165, 1.54) is 17.0 Å². The molecule has 6 heteroatoms. The molecule has 1 aromatic rings. The van der Waals surface area contributed by atoms with Crippen LogP contribution in [-0.2, 0) is 16.0 Å². The Morgan fingerprint density at radius 1 is 1.24 bits per heavy atom. The number of halogens is 2. The van der Waals surface area contributed by atoms with Crippen LogP contribution in [-0.4, -0.2) is 35.3 Å². The number of benzene rings is 1. The van der Waals surface area contributed by atoms with Crippen molar-refractivity contribution >= 4 is 11.8 Å². The lowest BCUT2D eigenvalue weighted by atomic mass is 10.1. The molecule has 1 unspecified atom stereocenters. The van der Waals surface area contributed by atoms with Crippen LogP contribution in [0.4, 0.5) is 8.78 Å². The molecule has 1 fully saturated rings. The van der Waals surface area contributed by atoms with Crippen LogP contribution in [0.2, 0.25) is 0 Å². The van der Waals surface area contributed by atoms with Gasteiger partial charge in [0.1, 0.15) is 11.6 Å². The number of carbonyl (C=O) groups is 2. The van der Waals surface area contributed by atoms with Crippen LogP contribution >= 0.6 is 0 Å². The van der Waals surface area contributed by atoms with Crippen molar-refractivity contribution in [3.63, 3.8) is 0 Å². The van der Waals surface area contributed by atoms with Crippen molar-refractivity contribution in [1.82, 2.24) is 10.2 Å². The summed E-state index contributed by atoms with van der Waals surface area (Å²) in [6, 6.07) is 2.63. The molecule has 0 spiro atoms. The summed E-state index contributed by atoms with van der Waals surface area (Å²) in [6.07, 6.45) is 0.517. The minimum Gasteiger partial charge on any atom is -0.305 e. The lowest BCUT2D eigenvalue weighted by Gasteiger charge is -2.19. The molecule has 1 N–H and O–H groups in total. The van der Waals surface area contributed by atoms with Crippen molar-refractivity contribution in [2.24, 2.45) is 0 Å². The summed E-state index contributed by atoms with van der Waals surface area (Å²) in [5, 5.41) is 2.98. The average molecular weight is 296 g/mol. The molecule has 0 aliphatic carbocycles. The first-order chi connectivity index (χ1) is 9.88. The molecular formula is C15H18F2N2O2. The fourth-order valence-corrected chi connectivity index (χ4v) is 2.50. The summed E-state index contributed by atoms with van der Waals surface area (Å²) in [7, 11) is 0. The first-order valence-electron chi connectivity index (χ1n) is 6.92. The molecule has 114 valence electrons. The molecule has 1 heterocycles. The molecule has 4 nitrogen and oxygen atoms in total. The van der Waals surface area contributed by atoms with Crippen molar-refractivity contribution in [1.29, 1.82) is 0 Å². The van der Waals surface area contributed by atoms with Gasteiger partial charge in [0.15, 0.2) is 0 Å². The SMILES string of the molecule is CC(C)N1C(=O)CC(NCCc2cc(F)cc(F)c2)C1=O. The Kier molecular flexibility index (Phi) is 4.67. The van der Waals surface area contributed by atoms with Crippen LogP contribution < -0.4 is 5.32 Å². The third kappa shape index (κ3) is 3.64. The minimum atomic E-state index is -0.622. The fraction of sp³-hybridized carbons (Fsp3) is 0.467. The topological polar surface area (TPSA) is 49.4 Å². The van der Waals surface area contributed by atoms with Crippen LogP contribution in [0.15, 0.2) is 18.2 Å². The monoisotopic (exact) mass is 296 g/mol. The second-order valence-corrected chi connectivity index (χ2v) is 5.43. The Balaban J connectivity index is 1.89. The van der Waals surface area contributed by atoms with E-state index in [9.17, 15) is 18.4 Å². The average Bonchev–Trinajstić information content (AvgIpc) is 2.63. The van der Waals surface area contributed by atoms with Gasteiger partial charge in [-0.1, -0.05) is 0 Å². The number of hydrogen-bond donors (Lipinski definition) is 1. The molecule has 1 atom stereocenters. The highest BCUT2D eigenvalue weighted by molar-refractivity contribution is 6.05. The number of carbonyl (C=O) groups excluding carboxylic acids is 2. The summed E-state index contributed by atoms with van der Waals surface area (Å²) in [5.41, 5.74) is 0.512. The van der Waals surface area contributed by atoms with Crippen molar-refractivity contribution in [3.8, 4) is 0 Å². The van der Waals surface area contributed by atoms with Crippen molar-refractivity contribution in [2.45, 2.75) is 38.8 Å². The molecule has 0 radical (unpaired) electrons. The van der Waals surface area contributed by atoms with Crippen LogP contribution in [0.25, 0.3) is 0 Å². The van der Waals surface area contributed by atoms with E-state index in [1.807, 2.05) is 0 Å². The van der Waals surface area contributed by atoms with Gasteiger partial charge in [-0.05, 0) is 44.5 Å². The number of nitrogens with one attached hydrogen (secondary N) is 1. The molecule has 21 heavy (non-hydrogen) atoms. The highest BCUT2D eigenvalue weighted by atomic mass is 19.1. The standard InChI is InChI=1S/C15H18F2N2O2/c1-9(2)19-14(20)8-13(15(19)21)18-4-3-10-5-11(16)7-12(17)6-10/h5-7,9,13,18H,3-4,8H2,1-2H3. The summed E-state index contributed by atoms with van der Waals surface area (Å²) in [5.74, 6) is -1.67. The summed E-state index contributed by atoms with van der Waals surface area (Å²) in [6.45, 7) is 3.94. The maximum Gasteiger partial charge on any atom is 0.247 e. The van der Waals surface area contributed by atoms with Crippen molar-refractivity contribution < 1.29 is 18.4 Å². The second-order valence-electron chi connectivity index (χ2n) is 5.43. The molecule has 1 aliphatic heterocycles. The first-order valence-corrected chi connectivity index (χ1v) is 6.92. The quantitative estimate of drug-likeness (QED) is 0.840. The van der Waals surface area contributed by atoms with Gasteiger partial charge in [-0.15, -0.1) is 0 Å². The van der Waals surface area contributed by atoms with Gasteiger partial charge in [-0.2, -0.15) is 0 Å². The number of rotatable bonds is 5. The fourth-order valence-electron chi connectivity index (χ4n) is 2.50. The lowest BCUT2D eigenvalue weighted by molar-refractivity contribution is -0.140. The zero-order chi connectivity index (χ0) is 15.6. The zero-order valence-electron chi connectivity index (χ0n) is 12.0. The highest BCUT2D eigenvalue weighted by Gasteiger charge is 2.39. The lowest BCUT2D eigenvalue weighted by Crippen LogP contribution is -2.42. The molecule has 2 amide bonds. The van der Waals surface area contributed by atoms with Gasteiger partial charge >= 0.3 is 0 Å². The van der Waals surface area contributed by atoms with Gasteiger partial charge in [-0.3, -0.25) is 14.5 Å². The summed E-state index contributed by atoms with van der Waals surface area (Å²) >= 11 is 0. The summed E-state index contributed by atoms with van der Waals surface area (Å²) < 4.78 is 26.1. The van der Waals surface area contributed by atoms with E-state index in [1.54, 1.807) is 13.8 Å². The largest absolute Gasteiger partial charge is 0.305 e. The van der Waals surface area contributed by atoms with E-state index < -0.39 is 17.7 Å². The number of nitrogens with zero attached hydrogens (tertiary/aromatic N) is 1. The third-order valence-electron chi connectivity index (χ3n) is 3.43. The first kappa shape index (κ1) is 15.6.